The number of carbonyl (C=O) groups excluding carboxylic acids is 1. The fraction of sp³-hybridized carbons (Fsp3) is 0.188. The van der Waals surface area contributed by atoms with E-state index in [-0.39, 0.29) is 11.2 Å². The number of amides is 1. The molecule has 1 aliphatic rings. The first kappa shape index (κ1) is 15.4. The SMILES string of the molecule is COc1cccc(CC2S/C(=N\N=C/c3ccco3)NC2=O)c1. The van der Waals surface area contributed by atoms with Crippen molar-refractivity contribution in [1.82, 2.24) is 5.32 Å². The minimum Gasteiger partial charge on any atom is -0.497 e. The third kappa shape index (κ3) is 4.01. The normalized spacial score (nSPS) is 19.4. The maximum atomic E-state index is 12.0. The van der Waals surface area contributed by atoms with Crippen LogP contribution in [0.5, 0.6) is 5.75 Å². The highest BCUT2D eigenvalue weighted by atomic mass is 32.2. The predicted octanol–water partition coefficient (Wildman–Crippen LogP) is 2.45. The molecule has 2 aromatic rings. The van der Waals surface area contributed by atoms with Crippen molar-refractivity contribution in [2.75, 3.05) is 7.11 Å². The lowest BCUT2D eigenvalue weighted by Crippen LogP contribution is -2.25. The summed E-state index contributed by atoms with van der Waals surface area (Å²) in [6.07, 6.45) is 3.66. The number of amidine groups is 1. The molecule has 3 rings (SSSR count). The first-order chi connectivity index (χ1) is 11.2. The van der Waals surface area contributed by atoms with Crippen molar-refractivity contribution in [2.24, 2.45) is 10.2 Å². The maximum absolute atomic E-state index is 12.0. The van der Waals surface area contributed by atoms with E-state index >= 15 is 0 Å². The Labute approximate surface area is 137 Å². The highest BCUT2D eigenvalue weighted by Crippen LogP contribution is 2.24. The Balaban J connectivity index is 1.63. The summed E-state index contributed by atoms with van der Waals surface area (Å²) in [6.45, 7) is 0. The molecular formula is C16H15N3O3S. The molecule has 0 saturated carbocycles. The molecular weight excluding hydrogens is 314 g/mol. The predicted molar refractivity (Wildman–Crippen MR) is 90.0 cm³/mol. The fourth-order valence-corrected chi connectivity index (χ4v) is 3.07. The summed E-state index contributed by atoms with van der Waals surface area (Å²) in [7, 11) is 1.62. The monoisotopic (exact) mass is 329 g/mol. The minimum absolute atomic E-state index is 0.0650. The summed E-state index contributed by atoms with van der Waals surface area (Å²) in [6, 6.07) is 11.2. The third-order valence-electron chi connectivity index (χ3n) is 3.21. The van der Waals surface area contributed by atoms with Crippen LogP contribution in [0.1, 0.15) is 11.3 Å². The van der Waals surface area contributed by atoms with Crippen LogP contribution in [0.15, 0.2) is 57.3 Å². The van der Waals surface area contributed by atoms with E-state index in [4.69, 9.17) is 9.15 Å². The number of carbonyl (C=O) groups is 1. The molecule has 7 heteroatoms. The molecule has 0 aliphatic carbocycles. The molecule has 1 unspecified atom stereocenters. The van der Waals surface area contributed by atoms with Crippen LogP contribution in [0.3, 0.4) is 0 Å². The molecule has 1 aromatic heterocycles. The van der Waals surface area contributed by atoms with Crippen LogP contribution in [-0.2, 0) is 11.2 Å². The van der Waals surface area contributed by atoms with Gasteiger partial charge in [0.1, 0.15) is 11.5 Å². The number of rotatable bonds is 5. The number of nitrogens with one attached hydrogen (secondary N) is 1. The van der Waals surface area contributed by atoms with Gasteiger partial charge in [-0.25, -0.2) is 0 Å². The Bertz CT molecular complexity index is 741. The molecule has 0 bridgehead atoms. The second-order valence-corrected chi connectivity index (χ2v) is 6.01. The molecule has 6 nitrogen and oxygen atoms in total. The van der Waals surface area contributed by atoms with E-state index in [2.05, 4.69) is 15.5 Å². The number of ether oxygens (including phenoxy) is 1. The van der Waals surface area contributed by atoms with Gasteiger partial charge in [0.15, 0.2) is 5.17 Å². The summed E-state index contributed by atoms with van der Waals surface area (Å²) >= 11 is 1.37. The van der Waals surface area contributed by atoms with E-state index in [9.17, 15) is 4.79 Å². The van der Waals surface area contributed by atoms with Gasteiger partial charge in [0.25, 0.3) is 0 Å². The van der Waals surface area contributed by atoms with Gasteiger partial charge in [-0.15, -0.1) is 5.10 Å². The lowest BCUT2D eigenvalue weighted by Gasteiger charge is -2.07. The Morgan fingerprint density at radius 2 is 2.30 bits per heavy atom. The van der Waals surface area contributed by atoms with Crippen LogP contribution < -0.4 is 10.1 Å². The molecule has 118 valence electrons. The molecule has 1 N–H and O–H groups in total. The summed E-state index contributed by atoms with van der Waals surface area (Å²) < 4.78 is 10.3. The van der Waals surface area contributed by atoms with Gasteiger partial charge in [-0.05, 0) is 36.2 Å². The van der Waals surface area contributed by atoms with Crippen LogP contribution in [0, 0.1) is 0 Å². The third-order valence-corrected chi connectivity index (χ3v) is 4.28. The van der Waals surface area contributed by atoms with Gasteiger partial charge in [0.2, 0.25) is 5.91 Å². The average molecular weight is 329 g/mol. The first-order valence-electron chi connectivity index (χ1n) is 6.99. The van der Waals surface area contributed by atoms with Gasteiger partial charge in [-0.2, -0.15) is 5.10 Å². The Kier molecular flexibility index (Phi) is 4.77. The van der Waals surface area contributed by atoms with Crippen molar-refractivity contribution in [3.05, 3.63) is 54.0 Å². The van der Waals surface area contributed by atoms with E-state index in [1.165, 1.54) is 18.0 Å². The standard InChI is InChI=1S/C16H15N3O3S/c1-21-12-5-2-4-11(8-12)9-14-15(20)18-16(23-14)19-17-10-13-6-3-7-22-13/h2-8,10,14H,9H2,1H3,(H,18,19,20)/b17-10-. The van der Waals surface area contributed by atoms with E-state index in [0.717, 1.165) is 11.3 Å². The summed E-state index contributed by atoms with van der Waals surface area (Å²) in [4.78, 5) is 12.0. The molecule has 1 fully saturated rings. The Morgan fingerprint density at radius 1 is 1.39 bits per heavy atom. The zero-order valence-corrected chi connectivity index (χ0v) is 13.2. The Morgan fingerprint density at radius 3 is 3.09 bits per heavy atom. The molecule has 1 saturated heterocycles. The van der Waals surface area contributed by atoms with Gasteiger partial charge in [-0.1, -0.05) is 23.9 Å². The number of hydrogen-bond donors (Lipinski definition) is 1. The molecule has 0 spiro atoms. The number of hydrogen-bond acceptors (Lipinski definition) is 6. The molecule has 1 atom stereocenters. The number of thioether (sulfide) groups is 1. The zero-order chi connectivity index (χ0) is 16.1. The van der Waals surface area contributed by atoms with Gasteiger partial charge < -0.3 is 14.5 Å². The molecule has 2 heterocycles. The summed E-state index contributed by atoms with van der Waals surface area (Å²) in [5, 5.41) is 10.9. The number of nitrogens with zero attached hydrogens (tertiary/aromatic N) is 2. The van der Waals surface area contributed by atoms with E-state index < -0.39 is 0 Å². The van der Waals surface area contributed by atoms with Crippen molar-refractivity contribution in [2.45, 2.75) is 11.7 Å². The highest BCUT2D eigenvalue weighted by molar-refractivity contribution is 8.15. The van der Waals surface area contributed by atoms with Crippen LogP contribution >= 0.6 is 11.8 Å². The molecule has 1 aromatic carbocycles. The highest BCUT2D eigenvalue weighted by Gasteiger charge is 2.30. The number of benzene rings is 1. The second kappa shape index (κ2) is 7.15. The van der Waals surface area contributed by atoms with Crippen molar-refractivity contribution in [3.63, 3.8) is 0 Å². The topological polar surface area (TPSA) is 76.2 Å². The molecule has 1 amide bonds. The average Bonchev–Trinajstić information content (AvgIpc) is 3.18. The van der Waals surface area contributed by atoms with Crippen molar-refractivity contribution >= 4 is 29.1 Å². The lowest BCUT2D eigenvalue weighted by atomic mass is 10.1. The van der Waals surface area contributed by atoms with Gasteiger partial charge in [-0.3, -0.25) is 4.79 Å². The quantitative estimate of drug-likeness (QED) is 0.675. The maximum Gasteiger partial charge on any atom is 0.239 e. The van der Waals surface area contributed by atoms with Crippen molar-refractivity contribution < 1.29 is 13.9 Å². The van der Waals surface area contributed by atoms with Crippen molar-refractivity contribution in [1.29, 1.82) is 0 Å². The van der Waals surface area contributed by atoms with Crippen LogP contribution in [0.25, 0.3) is 0 Å². The largest absolute Gasteiger partial charge is 0.497 e. The van der Waals surface area contributed by atoms with E-state index in [0.29, 0.717) is 17.3 Å². The fourth-order valence-electron chi connectivity index (χ4n) is 2.10. The molecule has 1 aliphatic heterocycles. The smallest absolute Gasteiger partial charge is 0.239 e. The minimum atomic E-state index is -0.223. The zero-order valence-electron chi connectivity index (χ0n) is 12.4. The van der Waals surface area contributed by atoms with Gasteiger partial charge in [0.05, 0.1) is 24.8 Å². The van der Waals surface area contributed by atoms with E-state index in [1.54, 1.807) is 25.5 Å². The summed E-state index contributed by atoms with van der Waals surface area (Å²) in [5.41, 5.74) is 1.04. The molecule has 0 radical (unpaired) electrons. The first-order valence-corrected chi connectivity index (χ1v) is 7.87. The van der Waals surface area contributed by atoms with Gasteiger partial charge in [0, 0.05) is 0 Å². The van der Waals surface area contributed by atoms with Crippen LogP contribution in [-0.4, -0.2) is 29.6 Å². The van der Waals surface area contributed by atoms with Crippen LogP contribution in [0.4, 0.5) is 0 Å². The van der Waals surface area contributed by atoms with Gasteiger partial charge >= 0.3 is 0 Å². The summed E-state index contributed by atoms with van der Waals surface area (Å²) in [5.74, 6) is 1.32. The van der Waals surface area contributed by atoms with Crippen LogP contribution in [0.2, 0.25) is 0 Å². The van der Waals surface area contributed by atoms with E-state index in [1.807, 2.05) is 24.3 Å². The Hall–Kier alpha value is -2.54. The second-order valence-electron chi connectivity index (χ2n) is 4.82. The van der Waals surface area contributed by atoms with Crippen molar-refractivity contribution in [3.8, 4) is 5.75 Å². The number of methoxy groups -OCH3 is 1. The number of furan rings is 1. The lowest BCUT2D eigenvalue weighted by molar-refractivity contribution is -0.118. The molecule has 23 heavy (non-hydrogen) atoms.